The molecule has 4 nitrogen and oxygen atoms in total. The molecule has 2 aliphatic rings. The van der Waals surface area contributed by atoms with Gasteiger partial charge in [-0.15, -0.1) is 0 Å². The first-order valence-corrected chi connectivity index (χ1v) is 13.3. The highest BCUT2D eigenvalue weighted by Crippen LogP contribution is 2.62. The number of carbonyl (C=O) groups excluding carboxylic acids is 2. The average molecular weight is 497 g/mol. The smallest absolute Gasteiger partial charge is 0.343 e. The summed E-state index contributed by atoms with van der Waals surface area (Å²) in [5, 5.41) is 0. The lowest BCUT2D eigenvalue weighted by Crippen LogP contribution is -2.27. The second-order valence-corrected chi connectivity index (χ2v) is 12.5. The third-order valence-electron chi connectivity index (χ3n) is 7.65. The lowest BCUT2D eigenvalue weighted by Gasteiger charge is -2.36. The van der Waals surface area contributed by atoms with Crippen molar-refractivity contribution < 1.29 is 19.1 Å². The molecule has 37 heavy (non-hydrogen) atoms. The summed E-state index contributed by atoms with van der Waals surface area (Å²) in [6, 6.07) is 18.0. The molecule has 192 valence electrons. The van der Waals surface area contributed by atoms with Gasteiger partial charge in [0.1, 0.15) is 0 Å². The summed E-state index contributed by atoms with van der Waals surface area (Å²) >= 11 is 0. The summed E-state index contributed by atoms with van der Waals surface area (Å²) in [6.45, 7) is 12.9. The van der Waals surface area contributed by atoms with Crippen molar-refractivity contribution in [1.82, 2.24) is 0 Å². The molecule has 0 heterocycles. The van der Waals surface area contributed by atoms with Gasteiger partial charge in [0.2, 0.25) is 0 Å². The van der Waals surface area contributed by atoms with Gasteiger partial charge in [0.05, 0.1) is 11.1 Å². The van der Waals surface area contributed by atoms with E-state index >= 15 is 0 Å². The molecule has 0 amide bonds. The zero-order valence-corrected chi connectivity index (χ0v) is 22.7. The van der Waals surface area contributed by atoms with Gasteiger partial charge in [-0.05, 0) is 77.3 Å². The fraction of sp³-hybridized carbons (Fsp3) is 0.394. The van der Waals surface area contributed by atoms with Crippen LogP contribution in [0.4, 0.5) is 0 Å². The van der Waals surface area contributed by atoms with E-state index in [4.69, 9.17) is 9.47 Å². The van der Waals surface area contributed by atoms with Crippen molar-refractivity contribution >= 4 is 11.9 Å². The number of rotatable bonds is 4. The molecular weight excluding hydrogens is 460 g/mol. The monoisotopic (exact) mass is 496 g/mol. The van der Waals surface area contributed by atoms with Gasteiger partial charge in [0, 0.05) is 11.1 Å². The first kappa shape index (κ1) is 25.3. The van der Waals surface area contributed by atoms with E-state index in [1.165, 1.54) is 11.1 Å². The van der Waals surface area contributed by atoms with Crippen LogP contribution in [0.1, 0.15) is 116 Å². The lowest BCUT2D eigenvalue weighted by atomic mass is 9.71. The molecule has 0 aromatic heterocycles. The van der Waals surface area contributed by atoms with Crippen molar-refractivity contribution in [3.05, 3.63) is 94.0 Å². The Labute approximate surface area is 220 Å². The van der Waals surface area contributed by atoms with Crippen molar-refractivity contribution in [2.75, 3.05) is 0 Å². The third-order valence-corrected chi connectivity index (χ3v) is 7.65. The predicted octanol–water partition coefficient (Wildman–Crippen LogP) is 8.08. The average Bonchev–Trinajstić information content (AvgIpc) is 3.46. The van der Waals surface area contributed by atoms with Gasteiger partial charge in [0.25, 0.3) is 0 Å². The van der Waals surface area contributed by atoms with Crippen LogP contribution in [0.25, 0.3) is 0 Å². The molecule has 3 aromatic rings. The maximum Gasteiger partial charge on any atom is 0.343 e. The molecule has 0 N–H and O–H groups in total. The van der Waals surface area contributed by atoms with Crippen LogP contribution in [0, 0.1) is 0 Å². The Morgan fingerprint density at radius 1 is 0.622 bits per heavy atom. The van der Waals surface area contributed by atoms with Crippen LogP contribution < -0.4 is 9.47 Å². The molecule has 3 aromatic carbocycles. The summed E-state index contributed by atoms with van der Waals surface area (Å²) in [7, 11) is 0. The largest absolute Gasteiger partial charge is 0.419 e. The molecule has 0 aliphatic heterocycles. The number of carbonyl (C=O) groups is 2. The maximum absolute atomic E-state index is 13.5. The van der Waals surface area contributed by atoms with Gasteiger partial charge in [-0.25, -0.2) is 9.59 Å². The predicted molar refractivity (Wildman–Crippen MR) is 146 cm³/mol. The first-order valence-electron chi connectivity index (χ1n) is 13.3. The highest BCUT2D eigenvalue weighted by atomic mass is 16.6. The minimum atomic E-state index is -0.453. The highest BCUT2D eigenvalue weighted by molar-refractivity contribution is 5.94. The van der Waals surface area contributed by atoms with Gasteiger partial charge in [0.15, 0.2) is 11.5 Å². The fourth-order valence-corrected chi connectivity index (χ4v) is 6.23. The van der Waals surface area contributed by atoms with Crippen LogP contribution in [-0.4, -0.2) is 11.9 Å². The zero-order valence-electron chi connectivity index (χ0n) is 22.7. The van der Waals surface area contributed by atoms with Crippen LogP contribution >= 0.6 is 0 Å². The van der Waals surface area contributed by atoms with Gasteiger partial charge < -0.3 is 9.47 Å². The quantitative estimate of drug-likeness (QED) is 0.271. The second kappa shape index (κ2) is 9.16. The molecule has 0 radical (unpaired) electrons. The fourth-order valence-electron chi connectivity index (χ4n) is 6.23. The summed E-state index contributed by atoms with van der Waals surface area (Å²) < 4.78 is 12.6. The van der Waals surface area contributed by atoms with Crippen molar-refractivity contribution in [2.24, 2.45) is 0 Å². The van der Waals surface area contributed by atoms with Gasteiger partial charge >= 0.3 is 11.9 Å². The lowest BCUT2D eigenvalue weighted by molar-refractivity contribution is 0.0676. The Morgan fingerprint density at radius 2 is 0.973 bits per heavy atom. The van der Waals surface area contributed by atoms with Gasteiger partial charge in [-0.2, -0.15) is 0 Å². The Hall–Kier alpha value is -3.40. The summed E-state index contributed by atoms with van der Waals surface area (Å²) in [6.07, 6.45) is 3.38. The Bertz CT molecular complexity index is 1240. The molecule has 0 spiro atoms. The Morgan fingerprint density at radius 3 is 1.30 bits per heavy atom. The zero-order chi connectivity index (χ0) is 26.5. The summed E-state index contributed by atoms with van der Waals surface area (Å²) in [5.41, 5.74) is 4.86. The standard InChI is InChI=1S/C33H36O4/c1-32(2,3)26-24-22-17-18-23(19-22)25(24)27(33(4,5)6)29(37-31(35)21-15-11-8-12-16-21)28(26)36-30(34)20-13-9-7-10-14-20/h7-16,22-23H,17-19H2,1-6H3. The van der Waals surface area contributed by atoms with Crippen LogP contribution in [0.3, 0.4) is 0 Å². The van der Waals surface area contributed by atoms with Crippen LogP contribution in [0.2, 0.25) is 0 Å². The molecule has 2 bridgehead atoms. The Balaban J connectivity index is 1.79. The van der Waals surface area contributed by atoms with E-state index < -0.39 is 11.9 Å². The molecule has 2 aliphatic carbocycles. The van der Waals surface area contributed by atoms with Gasteiger partial charge in [-0.3, -0.25) is 0 Å². The van der Waals surface area contributed by atoms with E-state index in [1.807, 2.05) is 36.4 Å². The van der Waals surface area contributed by atoms with E-state index in [0.717, 1.165) is 30.4 Å². The minimum absolute atomic E-state index is 0.328. The van der Waals surface area contributed by atoms with Crippen LogP contribution in [0.5, 0.6) is 11.5 Å². The molecule has 4 heteroatoms. The molecule has 2 unspecified atom stereocenters. The molecule has 5 rings (SSSR count). The van der Waals surface area contributed by atoms with E-state index in [2.05, 4.69) is 41.5 Å². The van der Waals surface area contributed by atoms with Crippen LogP contribution in [0.15, 0.2) is 60.7 Å². The first-order chi connectivity index (χ1) is 17.5. The van der Waals surface area contributed by atoms with E-state index in [-0.39, 0.29) is 10.8 Å². The van der Waals surface area contributed by atoms with Crippen molar-refractivity contribution in [3.63, 3.8) is 0 Å². The molecule has 1 saturated carbocycles. The number of hydrogen-bond acceptors (Lipinski definition) is 4. The molecular formula is C33H36O4. The third kappa shape index (κ3) is 4.58. The molecule has 0 saturated heterocycles. The number of ether oxygens (including phenoxy) is 2. The summed E-state index contributed by atoms with van der Waals surface area (Å²) in [5.74, 6) is 0.743. The number of hydrogen-bond donors (Lipinski definition) is 0. The molecule has 2 atom stereocenters. The van der Waals surface area contributed by atoms with E-state index in [9.17, 15) is 9.59 Å². The number of fused-ring (bicyclic) bond motifs is 5. The van der Waals surface area contributed by atoms with Gasteiger partial charge in [-0.1, -0.05) is 77.9 Å². The second-order valence-electron chi connectivity index (χ2n) is 12.5. The van der Waals surface area contributed by atoms with E-state index in [0.29, 0.717) is 34.5 Å². The van der Waals surface area contributed by atoms with E-state index in [1.54, 1.807) is 24.3 Å². The van der Waals surface area contributed by atoms with Crippen LogP contribution in [-0.2, 0) is 10.8 Å². The van der Waals surface area contributed by atoms with Crippen molar-refractivity contribution in [3.8, 4) is 11.5 Å². The summed E-state index contributed by atoms with van der Waals surface area (Å²) in [4.78, 5) is 26.9. The minimum Gasteiger partial charge on any atom is -0.419 e. The normalized spacial score (nSPS) is 18.4. The maximum atomic E-state index is 13.5. The van der Waals surface area contributed by atoms with Crippen molar-refractivity contribution in [2.45, 2.75) is 83.5 Å². The Kier molecular flexibility index (Phi) is 6.26. The number of benzene rings is 3. The molecule has 1 fully saturated rings. The highest BCUT2D eigenvalue weighted by Gasteiger charge is 2.47. The van der Waals surface area contributed by atoms with Crippen molar-refractivity contribution in [1.29, 1.82) is 0 Å². The topological polar surface area (TPSA) is 52.6 Å². The number of esters is 2. The SMILES string of the molecule is CC(C)(C)c1c(OC(=O)c2ccccc2)c(OC(=O)c2ccccc2)c(C(C)(C)C)c2c1C1CCC2C1.